The Morgan fingerprint density at radius 1 is 1.45 bits per heavy atom. The molecule has 4 heteroatoms. The van der Waals surface area contributed by atoms with Crippen molar-refractivity contribution in [3.8, 4) is 12.3 Å². The van der Waals surface area contributed by atoms with Gasteiger partial charge in [0.2, 0.25) is 0 Å². The summed E-state index contributed by atoms with van der Waals surface area (Å²) in [6.45, 7) is 2.49. The van der Waals surface area contributed by atoms with Crippen LogP contribution in [0.25, 0.3) is 0 Å². The molecule has 4 atom stereocenters. The van der Waals surface area contributed by atoms with Gasteiger partial charge in [-0.1, -0.05) is 12.3 Å². The molecule has 2 bridgehead atoms. The summed E-state index contributed by atoms with van der Waals surface area (Å²) in [5.74, 6) is 5.65. The summed E-state index contributed by atoms with van der Waals surface area (Å²) < 4.78 is 0. The molecule has 0 spiro atoms. The summed E-state index contributed by atoms with van der Waals surface area (Å²) in [6.07, 6.45) is 12.3. The summed E-state index contributed by atoms with van der Waals surface area (Å²) in [4.78, 5) is 16.1. The van der Waals surface area contributed by atoms with Crippen LogP contribution in [-0.2, 0) is 0 Å². The van der Waals surface area contributed by atoms with Crippen LogP contribution in [-0.4, -0.2) is 23.5 Å². The number of terminal acetylenes is 1. The lowest BCUT2D eigenvalue weighted by Gasteiger charge is -2.28. The minimum absolute atomic E-state index is 0.182. The molecule has 0 radical (unpaired) electrons. The fourth-order valence-corrected chi connectivity index (χ4v) is 4.09. The molecule has 2 fully saturated rings. The van der Waals surface area contributed by atoms with Gasteiger partial charge >= 0.3 is 0 Å². The molecule has 1 aromatic rings. The predicted octanol–water partition coefficient (Wildman–Crippen LogP) is 2.68. The second-order valence-electron chi connectivity index (χ2n) is 6.59. The first-order valence-electron chi connectivity index (χ1n) is 8.11. The third kappa shape index (κ3) is 3.09. The maximum absolute atomic E-state index is 11.8. The molecular weight excluding hydrogens is 274 g/mol. The van der Waals surface area contributed by atoms with Crippen LogP contribution in [0, 0.1) is 30.1 Å². The summed E-state index contributed by atoms with van der Waals surface area (Å²) in [7, 11) is 0. The van der Waals surface area contributed by atoms with Gasteiger partial charge in [0, 0.05) is 12.2 Å². The summed E-state index contributed by atoms with van der Waals surface area (Å²) in [6, 6.07) is 4.09. The minimum atomic E-state index is -0.182. The quantitative estimate of drug-likeness (QED) is 0.822. The number of amides is 1. The third-order valence-electron chi connectivity index (χ3n) is 5.19. The molecule has 4 unspecified atom stereocenters. The minimum Gasteiger partial charge on any atom is -0.367 e. The van der Waals surface area contributed by atoms with Crippen LogP contribution in [0.15, 0.2) is 18.3 Å². The Labute approximate surface area is 132 Å². The third-order valence-corrected chi connectivity index (χ3v) is 5.19. The number of pyridine rings is 1. The Morgan fingerprint density at radius 3 is 2.91 bits per heavy atom. The SMILES string of the molecule is C#CCNC(=O)c1ccc(NC(C)C2CC3CCC2C3)nc1. The fraction of sp³-hybridized carbons (Fsp3) is 0.556. The molecule has 2 aliphatic rings. The Bertz CT molecular complexity index is 575. The largest absolute Gasteiger partial charge is 0.367 e. The van der Waals surface area contributed by atoms with Crippen molar-refractivity contribution in [2.45, 2.75) is 38.6 Å². The van der Waals surface area contributed by atoms with Crippen molar-refractivity contribution in [1.29, 1.82) is 0 Å². The van der Waals surface area contributed by atoms with Gasteiger partial charge in [0.25, 0.3) is 5.91 Å². The van der Waals surface area contributed by atoms with E-state index < -0.39 is 0 Å². The van der Waals surface area contributed by atoms with Crippen LogP contribution >= 0.6 is 0 Å². The molecule has 1 heterocycles. The van der Waals surface area contributed by atoms with E-state index in [0.717, 1.165) is 23.6 Å². The van der Waals surface area contributed by atoms with Crippen molar-refractivity contribution in [3.05, 3.63) is 23.9 Å². The van der Waals surface area contributed by atoms with Gasteiger partial charge in [-0.3, -0.25) is 4.79 Å². The lowest BCUT2D eigenvalue weighted by Crippen LogP contribution is -2.30. The van der Waals surface area contributed by atoms with Gasteiger partial charge < -0.3 is 10.6 Å². The van der Waals surface area contributed by atoms with E-state index >= 15 is 0 Å². The van der Waals surface area contributed by atoms with Crippen LogP contribution in [0.2, 0.25) is 0 Å². The van der Waals surface area contributed by atoms with Gasteiger partial charge in [-0.2, -0.15) is 0 Å². The topological polar surface area (TPSA) is 54.0 Å². The lowest BCUT2D eigenvalue weighted by atomic mass is 9.84. The van der Waals surface area contributed by atoms with Crippen molar-refractivity contribution in [3.63, 3.8) is 0 Å². The number of fused-ring (bicyclic) bond motifs is 2. The molecular formula is C18H23N3O. The Morgan fingerprint density at radius 2 is 2.32 bits per heavy atom. The highest BCUT2D eigenvalue weighted by Gasteiger charge is 2.41. The molecule has 4 nitrogen and oxygen atoms in total. The molecule has 0 aromatic carbocycles. The van der Waals surface area contributed by atoms with E-state index in [1.54, 1.807) is 12.3 Å². The Balaban J connectivity index is 1.57. The number of aromatic nitrogens is 1. The van der Waals surface area contributed by atoms with E-state index in [2.05, 4.69) is 28.5 Å². The summed E-state index contributed by atoms with van der Waals surface area (Å²) in [5.41, 5.74) is 0.536. The first-order chi connectivity index (χ1) is 10.7. The molecule has 22 heavy (non-hydrogen) atoms. The molecule has 1 aromatic heterocycles. The summed E-state index contributed by atoms with van der Waals surface area (Å²) >= 11 is 0. The first-order valence-corrected chi connectivity index (χ1v) is 8.11. The lowest BCUT2D eigenvalue weighted by molar-refractivity contribution is 0.0958. The Kier molecular flexibility index (Phi) is 4.33. The monoisotopic (exact) mass is 297 g/mol. The number of nitrogens with zero attached hydrogens (tertiary/aromatic N) is 1. The average molecular weight is 297 g/mol. The maximum atomic E-state index is 11.8. The number of hydrogen-bond acceptors (Lipinski definition) is 3. The van der Waals surface area contributed by atoms with E-state index in [1.165, 1.54) is 25.7 Å². The second-order valence-corrected chi connectivity index (χ2v) is 6.59. The van der Waals surface area contributed by atoms with Crippen molar-refractivity contribution < 1.29 is 4.79 Å². The van der Waals surface area contributed by atoms with Crippen molar-refractivity contribution in [2.24, 2.45) is 17.8 Å². The Hall–Kier alpha value is -2.02. The van der Waals surface area contributed by atoms with Crippen molar-refractivity contribution >= 4 is 11.7 Å². The normalized spacial score (nSPS) is 27.2. The zero-order valence-corrected chi connectivity index (χ0v) is 13.0. The van der Waals surface area contributed by atoms with Gasteiger partial charge in [-0.05, 0) is 56.1 Å². The molecule has 1 amide bonds. The standard InChI is InChI=1S/C18H23N3O/c1-3-8-19-18(22)15-6-7-17(20-11-15)21-12(2)16-10-13-4-5-14(16)9-13/h1,6-7,11-14,16H,4-5,8-10H2,2H3,(H,19,22)(H,20,21). The average Bonchev–Trinajstić information content (AvgIpc) is 3.16. The highest BCUT2D eigenvalue weighted by atomic mass is 16.1. The van der Waals surface area contributed by atoms with Crippen LogP contribution in [0.4, 0.5) is 5.82 Å². The second kappa shape index (κ2) is 6.39. The van der Waals surface area contributed by atoms with E-state index in [1.807, 2.05) is 6.07 Å². The van der Waals surface area contributed by atoms with E-state index in [-0.39, 0.29) is 12.5 Å². The number of hydrogen-bond donors (Lipinski definition) is 2. The van der Waals surface area contributed by atoms with Crippen LogP contribution < -0.4 is 10.6 Å². The fourth-order valence-electron chi connectivity index (χ4n) is 4.09. The number of nitrogens with one attached hydrogen (secondary N) is 2. The van der Waals surface area contributed by atoms with Gasteiger partial charge in [-0.15, -0.1) is 6.42 Å². The van der Waals surface area contributed by atoms with Crippen LogP contribution in [0.1, 0.15) is 43.0 Å². The predicted molar refractivity (Wildman–Crippen MR) is 87.4 cm³/mol. The van der Waals surface area contributed by atoms with E-state index in [0.29, 0.717) is 11.6 Å². The molecule has 2 N–H and O–H groups in total. The van der Waals surface area contributed by atoms with E-state index in [4.69, 9.17) is 6.42 Å². The summed E-state index contributed by atoms with van der Waals surface area (Å²) in [5, 5.41) is 6.14. The molecule has 116 valence electrons. The van der Waals surface area contributed by atoms with Crippen molar-refractivity contribution in [1.82, 2.24) is 10.3 Å². The van der Waals surface area contributed by atoms with Gasteiger partial charge in [-0.25, -0.2) is 4.98 Å². The molecule has 3 rings (SSSR count). The highest BCUT2D eigenvalue weighted by molar-refractivity contribution is 5.94. The first kappa shape index (κ1) is 14.9. The molecule has 0 saturated heterocycles. The number of carbonyl (C=O) groups is 1. The number of carbonyl (C=O) groups excluding carboxylic acids is 1. The van der Waals surface area contributed by atoms with Crippen LogP contribution in [0.5, 0.6) is 0 Å². The highest BCUT2D eigenvalue weighted by Crippen LogP contribution is 2.49. The zero-order chi connectivity index (χ0) is 15.5. The maximum Gasteiger partial charge on any atom is 0.253 e. The van der Waals surface area contributed by atoms with Gasteiger partial charge in [0.15, 0.2) is 0 Å². The number of rotatable bonds is 5. The molecule has 2 saturated carbocycles. The van der Waals surface area contributed by atoms with E-state index in [9.17, 15) is 4.79 Å². The molecule has 0 aliphatic heterocycles. The van der Waals surface area contributed by atoms with Gasteiger partial charge in [0.1, 0.15) is 5.82 Å². The number of anilines is 1. The zero-order valence-electron chi connectivity index (χ0n) is 13.0. The van der Waals surface area contributed by atoms with Gasteiger partial charge in [0.05, 0.1) is 12.1 Å². The van der Waals surface area contributed by atoms with Crippen LogP contribution in [0.3, 0.4) is 0 Å². The van der Waals surface area contributed by atoms with Crippen molar-refractivity contribution in [2.75, 3.05) is 11.9 Å². The smallest absolute Gasteiger partial charge is 0.253 e. The molecule has 2 aliphatic carbocycles.